The van der Waals surface area contributed by atoms with E-state index in [0.29, 0.717) is 6.54 Å². The molecule has 1 aliphatic heterocycles. The zero-order chi connectivity index (χ0) is 11.8. The van der Waals surface area contributed by atoms with Crippen LogP contribution in [-0.2, 0) is 4.79 Å². The molecule has 1 N–H and O–H groups in total. The molecule has 0 aromatic rings. The Bertz CT molecular complexity index is 259. The Morgan fingerprint density at radius 2 is 2.38 bits per heavy atom. The molecular weight excluding hydrogens is 202 g/mol. The molecule has 1 aliphatic rings. The van der Waals surface area contributed by atoms with Crippen LogP contribution in [0.25, 0.3) is 4.85 Å². The summed E-state index contributed by atoms with van der Waals surface area (Å²) < 4.78 is 0. The number of unbranched alkanes of at least 4 members (excludes halogenated alkanes) is 2. The lowest BCUT2D eigenvalue weighted by Gasteiger charge is -2.16. The quantitative estimate of drug-likeness (QED) is 0.549. The Labute approximate surface area is 97.8 Å². The fraction of sp³-hybridized carbons (Fsp3) is 0.833. The van der Waals surface area contributed by atoms with E-state index >= 15 is 0 Å². The molecule has 1 atom stereocenters. The minimum absolute atomic E-state index is 0.0787. The number of likely N-dealkylation sites (tertiary alicyclic amines) is 1. The van der Waals surface area contributed by atoms with Gasteiger partial charge in [-0.2, -0.15) is 0 Å². The maximum Gasteiger partial charge on any atom is 0.300 e. The van der Waals surface area contributed by atoms with Crippen molar-refractivity contribution in [1.29, 1.82) is 0 Å². The average molecular weight is 223 g/mol. The second-order valence-corrected chi connectivity index (χ2v) is 4.22. The number of nitrogens with one attached hydrogen (secondary N) is 1. The van der Waals surface area contributed by atoms with Gasteiger partial charge in [0.2, 0.25) is 5.91 Å². The Hall–Kier alpha value is -1.08. The molecule has 1 amide bonds. The predicted octanol–water partition coefficient (Wildman–Crippen LogP) is 1.63. The normalized spacial score (nSPS) is 19.8. The predicted molar refractivity (Wildman–Crippen MR) is 63.7 cm³/mol. The highest BCUT2D eigenvalue weighted by Gasteiger charge is 2.32. The van der Waals surface area contributed by atoms with Crippen LogP contribution in [0.5, 0.6) is 0 Å². The fourth-order valence-electron chi connectivity index (χ4n) is 1.97. The number of rotatable bonds is 6. The molecule has 0 aliphatic carbocycles. The summed E-state index contributed by atoms with van der Waals surface area (Å²) in [6, 6.07) is 0. The van der Waals surface area contributed by atoms with Crippen molar-refractivity contribution < 1.29 is 4.79 Å². The van der Waals surface area contributed by atoms with E-state index in [1.165, 1.54) is 12.8 Å². The fourth-order valence-corrected chi connectivity index (χ4v) is 1.97. The molecule has 16 heavy (non-hydrogen) atoms. The number of hydrogen-bond donors (Lipinski definition) is 1. The second-order valence-electron chi connectivity index (χ2n) is 4.22. The van der Waals surface area contributed by atoms with Crippen LogP contribution in [0.4, 0.5) is 0 Å². The van der Waals surface area contributed by atoms with E-state index in [2.05, 4.69) is 17.1 Å². The lowest BCUT2D eigenvalue weighted by molar-refractivity contribution is -0.130. The summed E-state index contributed by atoms with van der Waals surface area (Å²) in [6.07, 6.45) is 5.12. The van der Waals surface area contributed by atoms with Crippen molar-refractivity contribution in [2.45, 2.75) is 45.2 Å². The summed E-state index contributed by atoms with van der Waals surface area (Å²) in [6.45, 7) is 11.2. The van der Waals surface area contributed by atoms with Crippen molar-refractivity contribution >= 4 is 5.91 Å². The molecule has 1 saturated heterocycles. The van der Waals surface area contributed by atoms with Crippen molar-refractivity contribution in [2.75, 3.05) is 19.6 Å². The van der Waals surface area contributed by atoms with E-state index in [-0.39, 0.29) is 12.1 Å². The molecule has 90 valence electrons. The van der Waals surface area contributed by atoms with Crippen molar-refractivity contribution in [3.05, 3.63) is 11.4 Å². The Balaban J connectivity index is 2.17. The van der Waals surface area contributed by atoms with E-state index in [0.717, 1.165) is 32.4 Å². The molecule has 0 spiro atoms. The molecule has 0 radical (unpaired) electrons. The van der Waals surface area contributed by atoms with E-state index in [9.17, 15) is 4.79 Å². The largest absolute Gasteiger partial charge is 0.308 e. The molecular formula is C12H21N3O. The second kappa shape index (κ2) is 7.24. The van der Waals surface area contributed by atoms with Gasteiger partial charge in [0.25, 0.3) is 0 Å². The maximum absolute atomic E-state index is 11.8. The van der Waals surface area contributed by atoms with Gasteiger partial charge in [-0.1, -0.05) is 19.8 Å². The molecule has 4 heteroatoms. The molecule has 0 saturated carbocycles. The molecule has 0 aromatic heterocycles. The van der Waals surface area contributed by atoms with Gasteiger partial charge in [-0.3, -0.25) is 14.5 Å². The highest BCUT2D eigenvalue weighted by Crippen LogP contribution is 2.17. The minimum Gasteiger partial charge on any atom is -0.308 e. The van der Waals surface area contributed by atoms with Gasteiger partial charge in [-0.25, -0.2) is 6.57 Å². The average Bonchev–Trinajstić information content (AvgIpc) is 2.76. The van der Waals surface area contributed by atoms with Gasteiger partial charge in [-0.15, -0.1) is 0 Å². The number of amides is 1. The van der Waals surface area contributed by atoms with Gasteiger partial charge >= 0.3 is 6.17 Å². The molecule has 1 heterocycles. The van der Waals surface area contributed by atoms with Gasteiger partial charge in [-0.05, 0) is 19.4 Å². The molecule has 1 fully saturated rings. The lowest BCUT2D eigenvalue weighted by Crippen LogP contribution is -2.40. The number of carbonyl (C=O) groups excluding carboxylic acids is 1. The first kappa shape index (κ1) is 13.0. The van der Waals surface area contributed by atoms with Crippen LogP contribution in [0.15, 0.2) is 0 Å². The molecule has 0 aromatic carbocycles. The summed E-state index contributed by atoms with van der Waals surface area (Å²) in [7, 11) is 0. The lowest BCUT2D eigenvalue weighted by atomic mass is 10.2. The zero-order valence-electron chi connectivity index (χ0n) is 10.0. The summed E-state index contributed by atoms with van der Waals surface area (Å²) in [4.78, 5) is 17.0. The first-order chi connectivity index (χ1) is 7.79. The number of hydrogen-bond acceptors (Lipinski definition) is 2. The van der Waals surface area contributed by atoms with Crippen LogP contribution in [0, 0.1) is 6.57 Å². The number of carbonyl (C=O) groups is 1. The van der Waals surface area contributed by atoms with Crippen molar-refractivity contribution in [1.82, 2.24) is 10.2 Å². The maximum atomic E-state index is 11.8. The number of nitrogens with zero attached hydrogens (tertiary/aromatic N) is 2. The third kappa shape index (κ3) is 3.82. The van der Waals surface area contributed by atoms with Gasteiger partial charge in [0.15, 0.2) is 0 Å². The van der Waals surface area contributed by atoms with Crippen LogP contribution >= 0.6 is 0 Å². The first-order valence-corrected chi connectivity index (χ1v) is 6.16. The topological polar surface area (TPSA) is 36.7 Å². The molecule has 0 bridgehead atoms. The van der Waals surface area contributed by atoms with Crippen molar-refractivity contribution in [3.63, 3.8) is 0 Å². The summed E-state index contributed by atoms with van der Waals surface area (Å²) in [5.74, 6) is 0.0787. The Morgan fingerprint density at radius 1 is 1.56 bits per heavy atom. The van der Waals surface area contributed by atoms with Gasteiger partial charge < -0.3 is 5.32 Å². The minimum atomic E-state index is -0.204. The van der Waals surface area contributed by atoms with Crippen LogP contribution < -0.4 is 5.32 Å². The molecule has 0 unspecified atom stereocenters. The van der Waals surface area contributed by atoms with E-state index in [4.69, 9.17) is 6.57 Å². The van der Waals surface area contributed by atoms with E-state index in [1.54, 1.807) is 4.90 Å². The summed E-state index contributed by atoms with van der Waals surface area (Å²) >= 11 is 0. The van der Waals surface area contributed by atoms with E-state index < -0.39 is 0 Å². The van der Waals surface area contributed by atoms with Crippen molar-refractivity contribution in [3.8, 4) is 0 Å². The highest BCUT2D eigenvalue weighted by molar-refractivity contribution is 5.79. The zero-order valence-corrected chi connectivity index (χ0v) is 10.0. The Morgan fingerprint density at radius 3 is 3.06 bits per heavy atom. The molecule has 1 rings (SSSR count). The smallest absolute Gasteiger partial charge is 0.300 e. The molecule has 4 nitrogen and oxygen atoms in total. The van der Waals surface area contributed by atoms with Gasteiger partial charge in [0.1, 0.15) is 0 Å². The third-order valence-corrected chi connectivity index (χ3v) is 2.92. The third-order valence-electron chi connectivity index (χ3n) is 2.92. The van der Waals surface area contributed by atoms with E-state index in [1.807, 2.05) is 0 Å². The first-order valence-electron chi connectivity index (χ1n) is 6.16. The monoisotopic (exact) mass is 223 g/mol. The summed E-state index contributed by atoms with van der Waals surface area (Å²) in [5, 5.41) is 3.15. The SMILES string of the molecule is [C-]#[N+][C@@H]1CCCN1C(=O)CNCCCCC. The van der Waals surface area contributed by atoms with Crippen LogP contribution in [-0.4, -0.2) is 36.6 Å². The van der Waals surface area contributed by atoms with Crippen LogP contribution in [0.2, 0.25) is 0 Å². The van der Waals surface area contributed by atoms with Gasteiger partial charge in [0, 0.05) is 13.0 Å². The highest BCUT2D eigenvalue weighted by atomic mass is 16.2. The Kier molecular flexibility index (Phi) is 5.87. The van der Waals surface area contributed by atoms with Crippen LogP contribution in [0.3, 0.4) is 0 Å². The van der Waals surface area contributed by atoms with Gasteiger partial charge in [0.05, 0.1) is 6.54 Å². The van der Waals surface area contributed by atoms with Crippen molar-refractivity contribution in [2.24, 2.45) is 0 Å². The van der Waals surface area contributed by atoms with Crippen LogP contribution in [0.1, 0.15) is 39.0 Å². The standard InChI is InChI=1S/C12H21N3O/c1-3-4-5-8-14-10-12(16)15-9-6-7-11(15)13-2/h11,14H,3-10H2,1H3/t11-/m0/s1. The summed E-state index contributed by atoms with van der Waals surface area (Å²) in [5.41, 5.74) is 0.